The zero-order chi connectivity index (χ0) is 12.7. The van der Waals surface area contributed by atoms with Crippen LogP contribution in [-0.2, 0) is 19.3 Å². The van der Waals surface area contributed by atoms with Gasteiger partial charge in [-0.15, -0.1) is 0 Å². The van der Waals surface area contributed by atoms with E-state index in [4.69, 9.17) is 11.6 Å². The van der Waals surface area contributed by atoms with Crippen LogP contribution in [0.5, 0.6) is 0 Å². The van der Waals surface area contributed by atoms with E-state index < -0.39 is 0 Å². The molecule has 1 heterocycles. The third-order valence-corrected chi connectivity index (χ3v) is 4.80. The van der Waals surface area contributed by atoms with Crippen molar-refractivity contribution in [1.82, 2.24) is 4.98 Å². The predicted octanol–water partition coefficient (Wildman–Crippen LogP) is 4.79. The first-order chi connectivity index (χ1) is 8.63. The minimum Gasteiger partial charge on any atom is -0.260 e. The SMILES string of the molecule is Clc1cc(Br)c2c(c1)CCc1cc(I)cnc1C2. The highest BCUT2D eigenvalue weighted by Gasteiger charge is 2.17. The molecule has 1 aromatic carbocycles. The van der Waals surface area contributed by atoms with Gasteiger partial charge in [0.2, 0.25) is 0 Å². The highest BCUT2D eigenvalue weighted by atomic mass is 127. The van der Waals surface area contributed by atoms with Gasteiger partial charge in [0.1, 0.15) is 0 Å². The van der Waals surface area contributed by atoms with Crippen molar-refractivity contribution >= 4 is 50.1 Å². The molecule has 0 spiro atoms. The fraction of sp³-hybridized carbons (Fsp3) is 0.214. The first-order valence-electron chi connectivity index (χ1n) is 5.73. The maximum atomic E-state index is 6.12. The van der Waals surface area contributed by atoms with E-state index >= 15 is 0 Å². The Bertz CT molecular complexity index is 627. The van der Waals surface area contributed by atoms with Crippen molar-refractivity contribution in [2.45, 2.75) is 19.3 Å². The maximum Gasteiger partial charge on any atom is 0.0480 e. The summed E-state index contributed by atoms with van der Waals surface area (Å²) in [7, 11) is 0. The van der Waals surface area contributed by atoms with Crippen LogP contribution in [0.15, 0.2) is 28.9 Å². The number of fused-ring (bicyclic) bond motifs is 2. The molecular weight excluding hydrogens is 424 g/mol. The van der Waals surface area contributed by atoms with E-state index in [1.807, 2.05) is 12.3 Å². The highest BCUT2D eigenvalue weighted by Crippen LogP contribution is 2.32. The molecule has 0 bridgehead atoms. The average molecular weight is 435 g/mol. The van der Waals surface area contributed by atoms with Gasteiger partial charge in [0, 0.05) is 31.4 Å². The van der Waals surface area contributed by atoms with Crippen LogP contribution in [0.3, 0.4) is 0 Å². The summed E-state index contributed by atoms with van der Waals surface area (Å²) in [6, 6.07) is 6.29. The molecule has 0 saturated carbocycles. The van der Waals surface area contributed by atoms with Crippen LogP contribution >= 0.6 is 50.1 Å². The first-order valence-corrected chi connectivity index (χ1v) is 7.98. The van der Waals surface area contributed by atoms with E-state index in [1.165, 1.54) is 26.0 Å². The minimum atomic E-state index is 0.800. The lowest BCUT2D eigenvalue weighted by molar-refractivity contribution is 0.949. The Labute approximate surface area is 133 Å². The summed E-state index contributed by atoms with van der Waals surface area (Å²) in [6.45, 7) is 0. The van der Waals surface area contributed by atoms with Crippen molar-refractivity contribution in [1.29, 1.82) is 0 Å². The van der Waals surface area contributed by atoms with Crippen molar-refractivity contribution in [2.75, 3.05) is 0 Å². The predicted molar refractivity (Wildman–Crippen MR) is 86.3 cm³/mol. The molecular formula is C14H10BrClIN. The summed E-state index contributed by atoms with van der Waals surface area (Å²) >= 11 is 12.1. The summed E-state index contributed by atoms with van der Waals surface area (Å²) in [5.41, 5.74) is 5.22. The van der Waals surface area contributed by atoms with Crippen molar-refractivity contribution in [3.05, 3.63) is 59.8 Å². The van der Waals surface area contributed by atoms with Gasteiger partial charge in [0.15, 0.2) is 0 Å². The Hall–Kier alpha value is -0.130. The number of hydrogen-bond donors (Lipinski definition) is 0. The number of benzene rings is 1. The standard InChI is InChI=1S/C14H10BrClIN/c15-13-5-10(16)3-8-1-2-9-4-11(17)7-18-14(9)6-12(8)13/h3-5,7H,1-2,6H2. The molecule has 1 aromatic heterocycles. The van der Waals surface area contributed by atoms with Gasteiger partial charge in [-0.2, -0.15) is 0 Å². The number of aromatic nitrogens is 1. The quantitative estimate of drug-likeness (QED) is 0.544. The molecule has 92 valence electrons. The van der Waals surface area contributed by atoms with Gasteiger partial charge >= 0.3 is 0 Å². The minimum absolute atomic E-state index is 0.800. The number of nitrogens with zero attached hydrogens (tertiary/aromatic N) is 1. The molecule has 4 heteroatoms. The van der Waals surface area contributed by atoms with Crippen LogP contribution in [0, 0.1) is 3.57 Å². The summed E-state index contributed by atoms with van der Waals surface area (Å²) in [4.78, 5) is 4.58. The number of rotatable bonds is 0. The van der Waals surface area contributed by atoms with Crippen molar-refractivity contribution < 1.29 is 0 Å². The van der Waals surface area contributed by atoms with Crippen molar-refractivity contribution in [3.8, 4) is 0 Å². The molecule has 0 fully saturated rings. The smallest absolute Gasteiger partial charge is 0.0480 e. The second kappa shape index (κ2) is 5.10. The monoisotopic (exact) mass is 433 g/mol. The molecule has 18 heavy (non-hydrogen) atoms. The van der Waals surface area contributed by atoms with Crippen LogP contribution in [-0.4, -0.2) is 4.98 Å². The van der Waals surface area contributed by atoms with E-state index in [9.17, 15) is 0 Å². The molecule has 1 aliphatic rings. The third-order valence-electron chi connectivity index (χ3n) is 3.29. The molecule has 0 saturated heterocycles. The Balaban J connectivity index is 2.12. The van der Waals surface area contributed by atoms with Crippen LogP contribution < -0.4 is 0 Å². The molecule has 1 aliphatic carbocycles. The van der Waals surface area contributed by atoms with Gasteiger partial charge < -0.3 is 0 Å². The van der Waals surface area contributed by atoms with Crippen molar-refractivity contribution in [2.24, 2.45) is 0 Å². The van der Waals surface area contributed by atoms with Crippen molar-refractivity contribution in [3.63, 3.8) is 0 Å². The molecule has 0 aliphatic heterocycles. The van der Waals surface area contributed by atoms with Gasteiger partial charge in [0.25, 0.3) is 0 Å². The number of halogens is 3. The number of pyridine rings is 1. The Morgan fingerprint density at radius 1 is 1.17 bits per heavy atom. The molecule has 0 N–H and O–H groups in total. The van der Waals surface area contributed by atoms with E-state index in [2.05, 4.69) is 55.6 Å². The van der Waals surface area contributed by atoms with Gasteiger partial charge in [-0.05, 0) is 70.3 Å². The Kier molecular flexibility index (Phi) is 3.65. The summed E-state index contributed by atoms with van der Waals surface area (Å²) in [5.74, 6) is 0. The molecule has 0 radical (unpaired) electrons. The topological polar surface area (TPSA) is 12.9 Å². The lowest BCUT2D eigenvalue weighted by Crippen LogP contribution is -1.97. The lowest BCUT2D eigenvalue weighted by atomic mass is 10.0. The number of aryl methyl sites for hydroxylation is 2. The molecule has 0 unspecified atom stereocenters. The molecule has 0 amide bonds. The van der Waals surface area contributed by atoms with Crippen LogP contribution in [0.4, 0.5) is 0 Å². The average Bonchev–Trinajstić information content (AvgIpc) is 2.49. The molecule has 3 rings (SSSR count). The van der Waals surface area contributed by atoms with Gasteiger partial charge in [-0.1, -0.05) is 27.5 Å². The summed E-state index contributed by atoms with van der Waals surface area (Å²) in [5, 5.41) is 0.800. The second-order valence-electron chi connectivity index (χ2n) is 4.46. The molecule has 2 aromatic rings. The Morgan fingerprint density at radius 2 is 1.94 bits per heavy atom. The second-order valence-corrected chi connectivity index (χ2v) is 7.00. The van der Waals surface area contributed by atoms with Gasteiger partial charge in [-0.25, -0.2) is 0 Å². The number of hydrogen-bond acceptors (Lipinski definition) is 1. The highest BCUT2D eigenvalue weighted by molar-refractivity contribution is 14.1. The first kappa shape index (κ1) is 12.9. The fourth-order valence-electron chi connectivity index (χ4n) is 2.40. The van der Waals surface area contributed by atoms with E-state index in [0.717, 1.165) is 28.8 Å². The van der Waals surface area contributed by atoms with Gasteiger partial charge in [-0.3, -0.25) is 4.98 Å². The lowest BCUT2D eigenvalue weighted by Gasteiger charge is -2.09. The zero-order valence-electron chi connectivity index (χ0n) is 9.51. The van der Waals surface area contributed by atoms with Gasteiger partial charge in [0.05, 0.1) is 0 Å². The zero-order valence-corrected chi connectivity index (χ0v) is 14.0. The Morgan fingerprint density at radius 3 is 2.78 bits per heavy atom. The van der Waals surface area contributed by atoms with Crippen LogP contribution in [0.25, 0.3) is 0 Å². The van der Waals surface area contributed by atoms with E-state index in [0.29, 0.717) is 0 Å². The van der Waals surface area contributed by atoms with E-state index in [1.54, 1.807) is 0 Å². The largest absolute Gasteiger partial charge is 0.260 e. The molecule has 1 nitrogen and oxygen atoms in total. The van der Waals surface area contributed by atoms with Crippen LogP contribution in [0.2, 0.25) is 5.02 Å². The fourth-order valence-corrected chi connectivity index (χ4v) is 3.93. The molecule has 0 atom stereocenters. The third kappa shape index (κ3) is 2.45. The maximum absolute atomic E-state index is 6.12. The van der Waals surface area contributed by atoms with E-state index in [-0.39, 0.29) is 0 Å². The summed E-state index contributed by atoms with van der Waals surface area (Å²) < 4.78 is 2.30. The van der Waals surface area contributed by atoms with Crippen LogP contribution in [0.1, 0.15) is 22.4 Å². The summed E-state index contributed by atoms with van der Waals surface area (Å²) in [6.07, 6.45) is 4.90. The normalized spacial score (nSPS) is 13.7.